The first-order valence-electron chi connectivity index (χ1n) is 6.70. The minimum absolute atomic E-state index is 0.156. The second kappa shape index (κ2) is 5.01. The lowest BCUT2D eigenvalue weighted by atomic mass is 10.1. The number of rotatable bonds is 3. The van der Waals surface area contributed by atoms with Crippen LogP contribution >= 0.6 is 0 Å². The van der Waals surface area contributed by atoms with Crippen molar-refractivity contribution in [2.24, 2.45) is 0 Å². The van der Waals surface area contributed by atoms with Crippen LogP contribution in [0.2, 0.25) is 0 Å². The number of hydrogen-bond acceptors (Lipinski definition) is 3. The number of aromatic nitrogens is 1. The summed E-state index contributed by atoms with van der Waals surface area (Å²) < 4.78 is 2.17. The van der Waals surface area contributed by atoms with Gasteiger partial charge in [-0.15, -0.1) is 0 Å². The van der Waals surface area contributed by atoms with Gasteiger partial charge < -0.3 is 4.57 Å². The number of nitro benzene ring substituents is 1. The maximum absolute atomic E-state index is 10.8. The van der Waals surface area contributed by atoms with Crippen LogP contribution in [-0.2, 0) is 6.67 Å². The number of benzene rings is 1. The molecule has 19 heavy (non-hydrogen) atoms. The molecule has 0 amide bonds. The zero-order valence-electron chi connectivity index (χ0n) is 10.8. The van der Waals surface area contributed by atoms with Crippen molar-refractivity contribution in [3.8, 4) is 0 Å². The number of hydrogen-bond donors (Lipinski definition) is 0. The molecule has 1 saturated heterocycles. The summed E-state index contributed by atoms with van der Waals surface area (Å²) in [5, 5.41) is 11.7. The molecule has 0 bridgehead atoms. The molecule has 5 heteroatoms. The molecule has 1 aromatic carbocycles. The summed E-state index contributed by atoms with van der Waals surface area (Å²) in [7, 11) is 0. The number of fused-ring (bicyclic) bond motifs is 1. The highest BCUT2D eigenvalue weighted by molar-refractivity contribution is 5.82. The summed E-state index contributed by atoms with van der Waals surface area (Å²) >= 11 is 0. The summed E-state index contributed by atoms with van der Waals surface area (Å²) in [6, 6.07) is 7.01. The molecule has 1 fully saturated rings. The van der Waals surface area contributed by atoms with Crippen LogP contribution in [0.3, 0.4) is 0 Å². The quantitative estimate of drug-likeness (QED) is 0.629. The first kappa shape index (κ1) is 12.2. The smallest absolute Gasteiger partial charge is 0.270 e. The second-order valence-electron chi connectivity index (χ2n) is 5.11. The molecule has 0 aliphatic carbocycles. The van der Waals surface area contributed by atoms with Crippen molar-refractivity contribution in [1.29, 1.82) is 0 Å². The first-order chi connectivity index (χ1) is 9.24. The topological polar surface area (TPSA) is 51.3 Å². The molecule has 0 N–H and O–H groups in total. The van der Waals surface area contributed by atoms with E-state index in [4.69, 9.17) is 0 Å². The number of piperidine rings is 1. The van der Waals surface area contributed by atoms with Crippen LogP contribution in [0.4, 0.5) is 5.69 Å². The molecule has 1 aliphatic heterocycles. The summed E-state index contributed by atoms with van der Waals surface area (Å²) in [6.45, 7) is 3.17. The second-order valence-corrected chi connectivity index (χ2v) is 5.11. The standard InChI is InChI=1S/C14H17N3O2/c18-17(19)13-4-5-14-12(10-13)6-9-16(14)11-15-7-2-1-3-8-15/h4-6,9-10H,1-3,7-8,11H2. The fraction of sp³-hybridized carbons (Fsp3) is 0.429. The monoisotopic (exact) mass is 259 g/mol. The van der Waals surface area contributed by atoms with Crippen molar-refractivity contribution in [2.75, 3.05) is 13.1 Å². The van der Waals surface area contributed by atoms with Gasteiger partial charge in [0.25, 0.3) is 5.69 Å². The van der Waals surface area contributed by atoms with Gasteiger partial charge in [0.1, 0.15) is 0 Å². The van der Waals surface area contributed by atoms with Crippen molar-refractivity contribution in [1.82, 2.24) is 9.47 Å². The zero-order valence-corrected chi connectivity index (χ0v) is 10.8. The van der Waals surface area contributed by atoms with E-state index in [1.165, 1.54) is 19.3 Å². The average molecular weight is 259 g/mol. The largest absolute Gasteiger partial charge is 0.334 e. The Bertz CT molecular complexity index is 600. The molecule has 3 rings (SSSR count). The van der Waals surface area contributed by atoms with Crippen molar-refractivity contribution in [3.05, 3.63) is 40.6 Å². The number of likely N-dealkylation sites (tertiary alicyclic amines) is 1. The van der Waals surface area contributed by atoms with Gasteiger partial charge >= 0.3 is 0 Å². The summed E-state index contributed by atoms with van der Waals surface area (Å²) in [5.41, 5.74) is 1.22. The van der Waals surface area contributed by atoms with E-state index in [0.717, 1.165) is 30.7 Å². The lowest BCUT2D eigenvalue weighted by Crippen LogP contribution is -2.31. The Hall–Kier alpha value is -1.88. The third-order valence-corrected chi connectivity index (χ3v) is 3.77. The van der Waals surface area contributed by atoms with Gasteiger partial charge in [-0.25, -0.2) is 0 Å². The van der Waals surface area contributed by atoms with Gasteiger partial charge in [0.2, 0.25) is 0 Å². The average Bonchev–Trinajstić information content (AvgIpc) is 2.82. The van der Waals surface area contributed by atoms with E-state index in [1.54, 1.807) is 12.1 Å². The Balaban J connectivity index is 1.86. The molecule has 100 valence electrons. The number of nitrogens with zero attached hydrogens (tertiary/aromatic N) is 3. The highest BCUT2D eigenvalue weighted by Gasteiger charge is 2.13. The fourth-order valence-electron chi connectivity index (χ4n) is 2.74. The molecule has 0 unspecified atom stereocenters. The minimum Gasteiger partial charge on any atom is -0.334 e. The van der Waals surface area contributed by atoms with Crippen LogP contribution in [0.1, 0.15) is 19.3 Å². The molecule has 2 aromatic rings. The molecule has 1 aliphatic rings. The van der Waals surface area contributed by atoms with E-state index >= 15 is 0 Å². The van der Waals surface area contributed by atoms with E-state index in [1.807, 2.05) is 18.3 Å². The molecule has 0 radical (unpaired) electrons. The summed E-state index contributed by atoms with van der Waals surface area (Å²) in [6.07, 6.45) is 5.88. The minimum atomic E-state index is -0.346. The summed E-state index contributed by atoms with van der Waals surface area (Å²) in [5.74, 6) is 0. The van der Waals surface area contributed by atoms with Gasteiger partial charge in [-0.2, -0.15) is 0 Å². The van der Waals surface area contributed by atoms with Crippen LogP contribution in [0.5, 0.6) is 0 Å². The number of non-ortho nitro benzene ring substituents is 1. The SMILES string of the molecule is O=[N+]([O-])c1ccc2c(ccn2CN2CCCCC2)c1. The Morgan fingerprint density at radius 1 is 1.16 bits per heavy atom. The van der Waals surface area contributed by atoms with Gasteiger partial charge in [-0.1, -0.05) is 6.42 Å². The molecule has 0 atom stereocenters. The Labute approximate surface area is 111 Å². The molecule has 2 heterocycles. The van der Waals surface area contributed by atoms with Crippen LogP contribution in [0.15, 0.2) is 30.5 Å². The lowest BCUT2D eigenvalue weighted by Gasteiger charge is -2.27. The summed E-state index contributed by atoms with van der Waals surface area (Å²) in [4.78, 5) is 12.8. The molecule has 1 aromatic heterocycles. The van der Waals surface area contributed by atoms with Crippen molar-refractivity contribution in [3.63, 3.8) is 0 Å². The predicted octanol–water partition coefficient (Wildman–Crippen LogP) is 2.99. The van der Waals surface area contributed by atoms with Gasteiger partial charge in [0.15, 0.2) is 0 Å². The number of nitro groups is 1. The highest BCUT2D eigenvalue weighted by atomic mass is 16.6. The third-order valence-electron chi connectivity index (χ3n) is 3.77. The molecule has 0 saturated carbocycles. The van der Waals surface area contributed by atoms with Crippen LogP contribution in [0.25, 0.3) is 10.9 Å². The van der Waals surface area contributed by atoms with Gasteiger partial charge in [0, 0.05) is 29.2 Å². The van der Waals surface area contributed by atoms with E-state index < -0.39 is 0 Å². The van der Waals surface area contributed by atoms with Gasteiger partial charge in [0.05, 0.1) is 11.6 Å². The van der Waals surface area contributed by atoms with E-state index in [0.29, 0.717) is 0 Å². The van der Waals surface area contributed by atoms with Crippen LogP contribution in [0, 0.1) is 10.1 Å². The normalized spacial score (nSPS) is 16.8. The molecular formula is C14H17N3O2. The third kappa shape index (κ3) is 2.46. The fourth-order valence-corrected chi connectivity index (χ4v) is 2.74. The van der Waals surface area contributed by atoms with E-state index in [-0.39, 0.29) is 10.6 Å². The van der Waals surface area contributed by atoms with E-state index in [2.05, 4.69) is 9.47 Å². The molecule has 0 spiro atoms. The maximum atomic E-state index is 10.8. The van der Waals surface area contributed by atoms with Crippen LogP contribution < -0.4 is 0 Å². The van der Waals surface area contributed by atoms with Gasteiger partial charge in [-0.3, -0.25) is 15.0 Å². The van der Waals surface area contributed by atoms with E-state index in [9.17, 15) is 10.1 Å². The Kier molecular flexibility index (Phi) is 3.21. The lowest BCUT2D eigenvalue weighted by molar-refractivity contribution is -0.384. The molecule has 5 nitrogen and oxygen atoms in total. The highest BCUT2D eigenvalue weighted by Crippen LogP contribution is 2.22. The van der Waals surface area contributed by atoms with Crippen molar-refractivity contribution >= 4 is 16.6 Å². The Morgan fingerprint density at radius 3 is 2.68 bits per heavy atom. The maximum Gasteiger partial charge on any atom is 0.270 e. The Morgan fingerprint density at radius 2 is 1.95 bits per heavy atom. The molecular weight excluding hydrogens is 242 g/mol. The first-order valence-corrected chi connectivity index (χ1v) is 6.70. The van der Waals surface area contributed by atoms with Crippen molar-refractivity contribution in [2.45, 2.75) is 25.9 Å². The predicted molar refractivity (Wildman–Crippen MR) is 74.0 cm³/mol. The van der Waals surface area contributed by atoms with Crippen LogP contribution in [-0.4, -0.2) is 27.5 Å². The van der Waals surface area contributed by atoms with Crippen molar-refractivity contribution < 1.29 is 4.92 Å². The van der Waals surface area contributed by atoms with Gasteiger partial charge in [-0.05, 0) is 38.1 Å². The zero-order chi connectivity index (χ0) is 13.2.